The highest BCUT2D eigenvalue weighted by Crippen LogP contribution is 2.54. The molecular formula is C20H18F7N3OS. The van der Waals surface area contributed by atoms with Gasteiger partial charge in [-0.2, -0.15) is 31.4 Å². The topological polar surface area (TPSA) is 46.9 Å². The Bertz CT molecular complexity index is 1040. The van der Waals surface area contributed by atoms with E-state index in [4.69, 9.17) is 0 Å². The first-order chi connectivity index (χ1) is 14.8. The maximum absolute atomic E-state index is 14.7. The molecule has 4 rings (SSSR count). The molecule has 4 nitrogen and oxygen atoms in total. The summed E-state index contributed by atoms with van der Waals surface area (Å²) < 4.78 is 95.9. The standard InChI is InChI=1S/C20H18F7N3OS/c1-32-12-4-2-3-11(8-12)28-17(31)15-14(20(25,26)27)16(18(21)5-6-18)29-30(15)9-10-7-13(10)19(22,23)24/h2-4,8,10,13H,5-7,9H2,1H3,(H,28,31)/t10-,13+/m1/s1. The van der Waals surface area contributed by atoms with E-state index in [0.29, 0.717) is 4.68 Å². The summed E-state index contributed by atoms with van der Waals surface area (Å²) in [6.45, 7) is -0.559. The zero-order valence-corrected chi connectivity index (χ0v) is 17.5. The lowest BCUT2D eigenvalue weighted by molar-refractivity contribution is -0.151. The summed E-state index contributed by atoms with van der Waals surface area (Å²) >= 11 is 1.35. The van der Waals surface area contributed by atoms with E-state index in [1.165, 1.54) is 23.9 Å². The van der Waals surface area contributed by atoms with Crippen molar-refractivity contribution < 1.29 is 35.5 Å². The van der Waals surface area contributed by atoms with Gasteiger partial charge in [0.25, 0.3) is 5.91 Å². The summed E-state index contributed by atoms with van der Waals surface area (Å²) in [5.41, 5.74) is -5.57. The summed E-state index contributed by atoms with van der Waals surface area (Å²) in [5, 5.41) is 6.04. The lowest BCUT2D eigenvalue weighted by atomic mass is 10.1. The normalized spacial score (nSPS) is 22.0. The Kier molecular flexibility index (Phi) is 5.50. The van der Waals surface area contributed by atoms with E-state index in [0.717, 1.165) is 4.90 Å². The number of hydrogen-bond donors (Lipinski definition) is 1. The average Bonchev–Trinajstić information content (AvgIpc) is 3.58. The summed E-state index contributed by atoms with van der Waals surface area (Å²) in [6.07, 6.45) is -8.51. The lowest BCUT2D eigenvalue weighted by Gasteiger charge is -2.13. The molecule has 0 spiro atoms. The molecule has 2 aliphatic carbocycles. The van der Waals surface area contributed by atoms with Gasteiger partial charge in [-0.3, -0.25) is 9.48 Å². The number of rotatable bonds is 6. The van der Waals surface area contributed by atoms with E-state index in [9.17, 15) is 35.5 Å². The van der Waals surface area contributed by atoms with E-state index in [2.05, 4.69) is 10.4 Å². The third-order valence-corrected chi connectivity index (χ3v) is 6.37. The van der Waals surface area contributed by atoms with Gasteiger partial charge in [0.15, 0.2) is 5.67 Å². The third-order valence-electron chi connectivity index (χ3n) is 5.64. The minimum atomic E-state index is -5.12. The second-order valence-electron chi connectivity index (χ2n) is 8.05. The molecule has 2 aromatic rings. The first kappa shape index (κ1) is 22.9. The van der Waals surface area contributed by atoms with Crippen LogP contribution in [0.25, 0.3) is 0 Å². The molecule has 2 aliphatic rings. The van der Waals surface area contributed by atoms with Crippen LogP contribution in [-0.2, 0) is 18.4 Å². The highest BCUT2D eigenvalue weighted by Gasteiger charge is 2.58. The number of benzene rings is 1. The van der Waals surface area contributed by atoms with Gasteiger partial charge in [-0.1, -0.05) is 6.07 Å². The molecule has 1 heterocycles. The van der Waals surface area contributed by atoms with Crippen molar-refractivity contribution in [3.63, 3.8) is 0 Å². The van der Waals surface area contributed by atoms with Crippen LogP contribution in [0.4, 0.5) is 36.4 Å². The molecule has 1 N–H and O–H groups in total. The predicted molar refractivity (Wildman–Crippen MR) is 103 cm³/mol. The Hall–Kier alpha value is -2.24. The summed E-state index contributed by atoms with van der Waals surface area (Å²) in [4.78, 5) is 13.7. The van der Waals surface area contributed by atoms with Crippen molar-refractivity contribution in [1.82, 2.24) is 9.78 Å². The summed E-state index contributed by atoms with van der Waals surface area (Å²) in [7, 11) is 0. The fraction of sp³-hybridized carbons (Fsp3) is 0.500. The molecule has 0 radical (unpaired) electrons. The van der Waals surface area contributed by atoms with E-state index in [-0.39, 0.29) is 24.9 Å². The van der Waals surface area contributed by atoms with Crippen molar-refractivity contribution >= 4 is 23.4 Å². The number of alkyl halides is 7. The van der Waals surface area contributed by atoms with Crippen LogP contribution in [0.1, 0.15) is 41.0 Å². The zero-order chi connectivity index (χ0) is 23.5. The number of halogens is 7. The number of hydrogen-bond acceptors (Lipinski definition) is 3. The predicted octanol–water partition coefficient (Wildman–Crippen LogP) is 6.03. The molecule has 2 fully saturated rings. The average molecular weight is 481 g/mol. The fourth-order valence-electron chi connectivity index (χ4n) is 3.72. The van der Waals surface area contributed by atoms with Crippen LogP contribution >= 0.6 is 11.8 Å². The van der Waals surface area contributed by atoms with Gasteiger partial charge in [0.1, 0.15) is 17.0 Å². The van der Waals surface area contributed by atoms with Gasteiger partial charge >= 0.3 is 12.4 Å². The van der Waals surface area contributed by atoms with Gasteiger partial charge in [-0.05, 0) is 49.6 Å². The van der Waals surface area contributed by atoms with Gasteiger partial charge in [0, 0.05) is 17.1 Å². The number of amides is 1. The third kappa shape index (κ3) is 4.46. The number of thioether (sulfide) groups is 1. The highest BCUT2D eigenvalue weighted by molar-refractivity contribution is 7.98. The Morgan fingerprint density at radius 3 is 2.47 bits per heavy atom. The Labute approximate surface area is 182 Å². The first-order valence-electron chi connectivity index (χ1n) is 9.73. The molecule has 32 heavy (non-hydrogen) atoms. The number of carbonyl (C=O) groups is 1. The molecule has 1 amide bonds. The largest absolute Gasteiger partial charge is 0.420 e. The number of nitrogens with zero attached hydrogens (tertiary/aromatic N) is 2. The van der Waals surface area contributed by atoms with Crippen molar-refractivity contribution in [3.05, 3.63) is 41.2 Å². The minimum Gasteiger partial charge on any atom is -0.321 e. The number of nitrogens with one attached hydrogen (secondary N) is 1. The molecular weight excluding hydrogens is 463 g/mol. The van der Waals surface area contributed by atoms with Gasteiger partial charge in [0.05, 0.1) is 5.92 Å². The molecule has 0 saturated heterocycles. The van der Waals surface area contributed by atoms with Crippen LogP contribution in [0.15, 0.2) is 29.2 Å². The monoisotopic (exact) mass is 481 g/mol. The Balaban J connectivity index is 1.74. The van der Waals surface area contributed by atoms with Crippen LogP contribution in [0.5, 0.6) is 0 Å². The molecule has 12 heteroatoms. The first-order valence-corrected chi connectivity index (χ1v) is 11.0. The number of aromatic nitrogens is 2. The zero-order valence-electron chi connectivity index (χ0n) is 16.6. The number of anilines is 1. The van der Waals surface area contributed by atoms with Crippen molar-refractivity contribution in [2.45, 2.75) is 48.7 Å². The van der Waals surface area contributed by atoms with E-state index in [1.54, 1.807) is 18.4 Å². The molecule has 2 atom stereocenters. The molecule has 0 aliphatic heterocycles. The molecule has 2 saturated carbocycles. The van der Waals surface area contributed by atoms with E-state index >= 15 is 0 Å². The Morgan fingerprint density at radius 2 is 1.94 bits per heavy atom. The van der Waals surface area contributed by atoms with Gasteiger partial charge in [-0.15, -0.1) is 11.8 Å². The SMILES string of the molecule is CSc1cccc(NC(=O)c2c(C(F)(F)F)c(C3(F)CC3)nn2C[C@H]2C[C@@H]2C(F)(F)F)c1. The fourth-order valence-corrected chi connectivity index (χ4v) is 4.18. The molecule has 0 unspecified atom stereocenters. The summed E-state index contributed by atoms with van der Waals surface area (Å²) in [6, 6.07) is 6.32. The van der Waals surface area contributed by atoms with Crippen LogP contribution in [0.3, 0.4) is 0 Å². The van der Waals surface area contributed by atoms with Crippen molar-refractivity contribution in [1.29, 1.82) is 0 Å². The van der Waals surface area contributed by atoms with Crippen molar-refractivity contribution in [2.75, 3.05) is 11.6 Å². The quantitative estimate of drug-likeness (QED) is 0.405. The Morgan fingerprint density at radius 1 is 1.25 bits per heavy atom. The van der Waals surface area contributed by atoms with E-state index < -0.39 is 59.3 Å². The molecule has 0 bridgehead atoms. The molecule has 174 valence electrons. The van der Waals surface area contributed by atoms with Crippen LogP contribution < -0.4 is 5.32 Å². The van der Waals surface area contributed by atoms with Crippen LogP contribution in [-0.4, -0.2) is 28.1 Å². The second-order valence-corrected chi connectivity index (χ2v) is 8.93. The van der Waals surface area contributed by atoms with Gasteiger partial charge in [-0.25, -0.2) is 4.39 Å². The van der Waals surface area contributed by atoms with Crippen molar-refractivity contribution in [2.24, 2.45) is 11.8 Å². The van der Waals surface area contributed by atoms with Crippen LogP contribution in [0.2, 0.25) is 0 Å². The maximum atomic E-state index is 14.7. The second kappa shape index (κ2) is 7.67. The van der Waals surface area contributed by atoms with Crippen molar-refractivity contribution in [3.8, 4) is 0 Å². The van der Waals surface area contributed by atoms with Gasteiger partial charge in [0.2, 0.25) is 0 Å². The van der Waals surface area contributed by atoms with E-state index in [1.807, 2.05) is 0 Å². The minimum absolute atomic E-state index is 0.196. The molecule has 1 aromatic heterocycles. The molecule has 1 aromatic carbocycles. The number of carbonyl (C=O) groups excluding carboxylic acids is 1. The highest BCUT2D eigenvalue weighted by atomic mass is 32.2. The smallest absolute Gasteiger partial charge is 0.321 e. The lowest BCUT2D eigenvalue weighted by Crippen LogP contribution is -2.23. The maximum Gasteiger partial charge on any atom is 0.420 e. The van der Waals surface area contributed by atoms with Crippen LogP contribution in [0, 0.1) is 11.8 Å². The summed E-state index contributed by atoms with van der Waals surface area (Å²) in [5.74, 6) is -3.91. The van der Waals surface area contributed by atoms with Gasteiger partial charge < -0.3 is 5.32 Å².